The minimum absolute atomic E-state index is 0.345. The summed E-state index contributed by atoms with van der Waals surface area (Å²) in [4.78, 5) is 2.06. The molecule has 0 aromatic heterocycles. The van der Waals surface area contributed by atoms with E-state index in [1.165, 1.54) is 0 Å². The van der Waals surface area contributed by atoms with Crippen molar-refractivity contribution < 1.29 is 13.9 Å². The quantitative estimate of drug-likeness (QED) is 0.545. The predicted octanol–water partition coefficient (Wildman–Crippen LogP) is 6.08. The molecule has 0 atom stereocenters. The molecule has 0 saturated heterocycles. The summed E-state index contributed by atoms with van der Waals surface area (Å²) < 4.78 is 26.7. The van der Waals surface area contributed by atoms with Crippen LogP contribution in [0.15, 0.2) is 60.7 Å². The van der Waals surface area contributed by atoms with Crippen molar-refractivity contribution in [2.45, 2.75) is 0 Å². The number of hydrogen-bond acceptors (Lipinski definition) is 2. The Morgan fingerprint density at radius 3 is 1.39 bits per heavy atom. The third-order valence-corrected chi connectivity index (χ3v) is 4.32. The molecule has 3 rings (SSSR count). The molecule has 4 heteroatoms. The largest absolute Gasteiger partial charge is 0.503 e. The van der Waals surface area contributed by atoms with Crippen molar-refractivity contribution in [1.29, 1.82) is 0 Å². The molecule has 0 bridgehead atoms. The lowest BCUT2D eigenvalue weighted by molar-refractivity contribution is 0.396. The Morgan fingerprint density at radius 2 is 1.00 bits per heavy atom. The van der Waals surface area contributed by atoms with Crippen LogP contribution in [0.25, 0.3) is 24.3 Å². The maximum Gasteiger partial charge on any atom is 0.187 e. The molecular weight excluding hydrogens is 356 g/mol. The van der Waals surface area contributed by atoms with E-state index in [4.69, 9.17) is 5.11 Å². The highest BCUT2D eigenvalue weighted by Gasteiger charge is 2.07. The molecule has 1 N–H and O–H groups in total. The summed E-state index contributed by atoms with van der Waals surface area (Å²) in [6.07, 6.45) is 7.44. The second kappa shape index (κ2) is 8.53. The zero-order valence-electron chi connectivity index (χ0n) is 15.7. The van der Waals surface area contributed by atoms with Crippen LogP contribution in [0.5, 0.6) is 5.75 Å². The summed E-state index contributed by atoms with van der Waals surface area (Å²) >= 11 is 0. The van der Waals surface area contributed by atoms with Crippen molar-refractivity contribution in [3.63, 3.8) is 0 Å². The van der Waals surface area contributed by atoms with E-state index in [1.54, 1.807) is 12.2 Å². The first-order valence-electron chi connectivity index (χ1n) is 8.84. The lowest BCUT2D eigenvalue weighted by Crippen LogP contribution is -2.07. The first kappa shape index (κ1) is 19.4. The van der Waals surface area contributed by atoms with Crippen molar-refractivity contribution in [3.05, 3.63) is 94.6 Å². The summed E-state index contributed by atoms with van der Waals surface area (Å²) in [5.41, 5.74) is 4.57. The highest BCUT2D eigenvalue weighted by molar-refractivity contribution is 5.73. The van der Waals surface area contributed by atoms with Gasteiger partial charge in [-0.3, -0.25) is 0 Å². The molecular formula is C24H21F2NO. The predicted molar refractivity (Wildman–Crippen MR) is 113 cm³/mol. The molecule has 2 nitrogen and oxygen atoms in total. The number of halogens is 2. The Balaban J connectivity index is 1.68. The van der Waals surface area contributed by atoms with Gasteiger partial charge in [-0.25, -0.2) is 8.78 Å². The van der Waals surface area contributed by atoms with Gasteiger partial charge in [-0.15, -0.1) is 0 Å². The van der Waals surface area contributed by atoms with Gasteiger partial charge >= 0.3 is 0 Å². The zero-order chi connectivity index (χ0) is 20.1. The number of aromatic hydroxyl groups is 1. The summed E-state index contributed by atoms with van der Waals surface area (Å²) in [6, 6.07) is 18.3. The van der Waals surface area contributed by atoms with Gasteiger partial charge in [0, 0.05) is 19.8 Å². The third-order valence-electron chi connectivity index (χ3n) is 4.32. The number of rotatable bonds is 5. The molecule has 0 fully saturated rings. The average molecular weight is 377 g/mol. The van der Waals surface area contributed by atoms with Gasteiger partial charge in [0.05, 0.1) is 0 Å². The van der Waals surface area contributed by atoms with Crippen molar-refractivity contribution in [1.82, 2.24) is 0 Å². The number of benzene rings is 3. The Hall–Kier alpha value is -3.40. The van der Waals surface area contributed by atoms with Gasteiger partial charge in [-0.2, -0.15) is 0 Å². The maximum absolute atomic E-state index is 13.4. The average Bonchev–Trinajstić information content (AvgIpc) is 2.70. The molecule has 0 heterocycles. The molecule has 28 heavy (non-hydrogen) atoms. The molecule has 0 aliphatic carbocycles. The van der Waals surface area contributed by atoms with Crippen LogP contribution in [-0.2, 0) is 0 Å². The lowest BCUT2D eigenvalue weighted by Gasteiger charge is -2.11. The number of hydrogen-bond donors (Lipinski definition) is 1. The summed E-state index contributed by atoms with van der Waals surface area (Å²) in [5, 5.41) is 9.13. The Bertz CT molecular complexity index is 981. The normalized spacial score (nSPS) is 11.4. The Labute approximate surface area is 163 Å². The van der Waals surface area contributed by atoms with Crippen LogP contribution in [0.3, 0.4) is 0 Å². The van der Waals surface area contributed by atoms with E-state index in [9.17, 15) is 8.78 Å². The molecule has 0 radical (unpaired) electrons. The highest BCUT2D eigenvalue weighted by Crippen LogP contribution is 2.22. The van der Waals surface area contributed by atoms with Gasteiger partial charge in [-0.1, -0.05) is 60.7 Å². The fourth-order valence-electron chi connectivity index (χ4n) is 2.67. The molecule has 3 aromatic rings. The number of phenolic OH excluding ortho intramolecular Hbond substituents is 1. The van der Waals surface area contributed by atoms with Crippen LogP contribution in [-0.4, -0.2) is 19.2 Å². The first-order chi connectivity index (χ1) is 13.4. The van der Waals surface area contributed by atoms with Crippen molar-refractivity contribution >= 4 is 30.0 Å². The first-order valence-corrected chi connectivity index (χ1v) is 8.84. The van der Waals surface area contributed by atoms with Crippen molar-refractivity contribution in [2.75, 3.05) is 19.0 Å². The lowest BCUT2D eigenvalue weighted by atomic mass is 10.1. The minimum atomic E-state index is -0.973. The Morgan fingerprint density at radius 1 is 0.643 bits per heavy atom. The zero-order valence-corrected chi connectivity index (χ0v) is 15.7. The molecule has 142 valence electrons. The van der Waals surface area contributed by atoms with E-state index in [0.717, 1.165) is 34.5 Å². The molecule has 0 saturated carbocycles. The van der Waals surface area contributed by atoms with Crippen LogP contribution in [0.4, 0.5) is 14.5 Å². The summed E-state index contributed by atoms with van der Waals surface area (Å²) in [7, 11) is 4.02. The standard InChI is InChI=1S/C24H21F2NO/c1-27(2)21-13-11-19(12-14-21)8-7-17-3-5-18(6-4-17)9-10-20-15-22(25)24(28)23(26)16-20/h3-16,28H,1-2H3. The van der Waals surface area contributed by atoms with E-state index in [2.05, 4.69) is 29.2 Å². The van der Waals surface area contributed by atoms with Crippen LogP contribution < -0.4 is 4.90 Å². The van der Waals surface area contributed by atoms with E-state index >= 15 is 0 Å². The van der Waals surface area contributed by atoms with Gasteiger partial charge in [0.1, 0.15) is 0 Å². The monoisotopic (exact) mass is 377 g/mol. The SMILES string of the molecule is CN(C)c1ccc(C=Cc2ccc(C=Cc3cc(F)c(O)c(F)c3)cc2)cc1. The van der Waals surface area contributed by atoms with Crippen LogP contribution >= 0.6 is 0 Å². The Kier molecular flexibility index (Phi) is 5.90. The second-order valence-corrected chi connectivity index (χ2v) is 6.65. The molecule has 0 aliphatic heterocycles. The molecule has 3 aromatic carbocycles. The molecule has 0 aliphatic rings. The van der Waals surface area contributed by atoms with Crippen LogP contribution in [0, 0.1) is 11.6 Å². The summed E-state index contributed by atoms with van der Waals surface area (Å²) in [5.74, 6) is -2.90. The van der Waals surface area contributed by atoms with E-state index < -0.39 is 17.4 Å². The smallest absolute Gasteiger partial charge is 0.187 e. The van der Waals surface area contributed by atoms with Crippen LogP contribution in [0.2, 0.25) is 0 Å². The van der Waals surface area contributed by atoms with Gasteiger partial charge in [0.25, 0.3) is 0 Å². The van der Waals surface area contributed by atoms with E-state index in [-0.39, 0.29) is 0 Å². The highest BCUT2D eigenvalue weighted by atomic mass is 19.1. The van der Waals surface area contributed by atoms with E-state index in [0.29, 0.717) is 5.56 Å². The minimum Gasteiger partial charge on any atom is -0.503 e. The topological polar surface area (TPSA) is 23.5 Å². The number of nitrogens with zero attached hydrogens (tertiary/aromatic N) is 1. The van der Waals surface area contributed by atoms with Gasteiger partial charge in [0.15, 0.2) is 17.4 Å². The van der Waals surface area contributed by atoms with Gasteiger partial charge in [-0.05, 0) is 46.5 Å². The molecule has 0 unspecified atom stereocenters. The number of phenols is 1. The molecule has 0 spiro atoms. The third kappa shape index (κ3) is 4.86. The van der Waals surface area contributed by atoms with E-state index in [1.807, 2.05) is 50.5 Å². The van der Waals surface area contributed by atoms with Crippen LogP contribution in [0.1, 0.15) is 22.3 Å². The van der Waals surface area contributed by atoms with Gasteiger partial charge in [0.2, 0.25) is 0 Å². The fraction of sp³-hybridized carbons (Fsp3) is 0.0833. The second-order valence-electron chi connectivity index (χ2n) is 6.65. The van der Waals surface area contributed by atoms with Crippen molar-refractivity contribution in [3.8, 4) is 5.75 Å². The fourth-order valence-corrected chi connectivity index (χ4v) is 2.67. The number of anilines is 1. The maximum atomic E-state index is 13.4. The van der Waals surface area contributed by atoms with Crippen molar-refractivity contribution in [2.24, 2.45) is 0 Å². The summed E-state index contributed by atoms with van der Waals surface area (Å²) in [6.45, 7) is 0. The van der Waals surface area contributed by atoms with Gasteiger partial charge < -0.3 is 10.0 Å². The molecule has 0 amide bonds.